The predicted octanol–water partition coefficient (Wildman–Crippen LogP) is 2.03. The molecule has 1 aromatic rings. The maximum Gasteiger partial charge on any atom is 0.0682 e. The summed E-state index contributed by atoms with van der Waals surface area (Å²) in [7, 11) is 0. The van der Waals surface area contributed by atoms with E-state index in [0.29, 0.717) is 6.04 Å². The molecule has 0 bridgehead atoms. The van der Waals surface area contributed by atoms with Gasteiger partial charge in [-0.3, -0.25) is 0 Å². The van der Waals surface area contributed by atoms with Crippen molar-refractivity contribution in [2.45, 2.75) is 38.8 Å². The Bertz CT molecular complexity index is 438. The first-order valence-electron chi connectivity index (χ1n) is 7.53. The van der Waals surface area contributed by atoms with E-state index < -0.39 is 0 Å². The Kier molecular flexibility index (Phi) is 3.76. The zero-order valence-electron chi connectivity index (χ0n) is 11.8. The third-order valence-corrected chi connectivity index (χ3v) is 4.71. The van der Waals surface area contributed by atoms with Crippen LogP contribution in [-0.4, -0.2) is 42.2 Å². The third kappa shape index (κ3) is 2.49. The lowest BCUT2D eigenvalue weighted by Gasteiger charge is -2.37. The molecule has 0 aliphatic carbocycles. The second-order valence-corrected chi connectivity index (χ2v) is 5.73. The monoisotopic (exact) mass is 260 g/mol. The first kappa shape index (κ1) is 12.9. The predicted molar refractivity (Wildman–Crippen MR) is 78.6 cm³/mol. The zero-order chi connectivity index (χ0) is 13.2. The molecule has 19 heavy (non-hydrogen) atoms. The number of anilines is 1. The van der Waals surface area contributed by atoms with Gasteiger partial charge in [0.15, 0.2) is 0 Å². The van der Waals surface area contributed by atoms with Gasteiger partial charge in [0, 0.05) is 31.4 Å². The van der Waals surface area contributed by atoms with Gasteiger partial charge >= 0.3 is 0 Å². The molecule has 2 heterocycles. The summed E-state index contributed by atoms with van der Waals surface area (Å²) >= 11 is 0. The van der Waals surface area contributed by atoms with Crippen molar-refractivity contribution in [3.8, 4) is 0 Å². The summed E-state index contributed by atoms with van der Waals surface area (Å²) in [5.74, 6) is 0. The second-order valence-electron chi connectivity index (χ2n) is 5.73. The van der Waals surface area contributed by atoms with E-state index in [2.05, 4.69) is 34.9 Å². The molecule has 3 heteroatoms. The van der Waals surface area contributed by atoms with Crippen LogP contribution in [0.3, 0.4) is 0 Å². The van der Waals surface area contributed by atoms with Crippen LogP contribution >= 0.6 is 0 Å². The van der Waals surface area contributed by atoms with Gasteiger partial charge < -0.3 is 14.9 Å². The number of hydrogen-bond acceptors (Lipinski definition) is 3. The molecule has 0 radical (unpaired) electrons. The molecule has 2 aliphatic rings. The molecule has 104 valence electrons. The normalized spacial score (nSPS) is 20.8. The molecule has 3 nitrogen and oxygen atoms in total. The summed E-state index contributed by atoms with van der Waals surface area (Å²) in [5.41, 5.74) is 3.87. The largest absolute Gasteiger partial charge is 0.392 e. The van der Waals surface area contributed by atoms with Crippen molar-refractivity contribution in [1.29, 1.82) is 0 Å². The highest BCUT2D eigenvalue weighted by molar-refractivity contribution is 5.60. The number of hydrogen-bond donors (Lipinski definition) is 1. The average Bonchev–Trinajstić information content (AvgIpc) is 2.90. The van der Waals surface area contributed by atoms with Gasteiger partial charge in [-0.2, -0.15) is 0 Å². The molecule has 0 spiro atoms. The molecule has 0 unspecified atom stereocenters. The summed E-state index contributed by atoms with van der Waals surface area (Å²) < 4.78 is 0. The summed E-state index contributed by atoms with van der Waals surface area (Å²) in [6.07, 6.45) is 3.71. The summed E-state index contributed by atoms with van der Waals surface area (Å²) in [6, 6.07) is 7.14. The number of nitrogens with zero attached hydrogens (tertiary/aromatic N) is 2. The third-order valence-electron chi connectivity index (χ3n) is 4.71. The van der Waals surface area contributed by atoms with Gasteiger partial charge in [0.05, 0.1) is 6.61 Å². The van der Waals surface area contributed by atoms with Gasteiger partial charge in [-0.15, -0.1) is 0 Å². The fraction of sp³-hybridized carbons (Fsp3) is 0.625. The van der Waals surface area contributed by atoms with Gasteiger partial charge in [0.25, 0.3) is 0 Å². The van der Waals surface area contributed by atoms with Crippen molar-refractivity contribution < 1.29 is 5.11 Å². The highest BCUT2D eigenvalue weighted by atomic mass is 16.3. The molecule has 2 aliphatic heterocycles. The van der Waals surface area contributed by atoms with E-state index in [-0.39, 0.29) is 6.61 Å². The maximum atomic E-state index is 9.31. The van der Waals surface area contributed by atoms with E-state index in [1.165, 1.54) is 43.7 Å². The number of likely N-dealkylation sites (tertiary alicyclic amines) is 1. The minimum absolute atomic E-state index is 0.148. The summed E-state index contributed by atoms with van der Waals surface area (Å²) in [5, 5.41) is 9.31. The van der Waals surface area contributed by atoms with Crippen LogP contribution in [0.1, 0.15) is 30.9 Å². The molecule has 1 N–H and O–H groups in total. The molecule has 0 saturated carbocycles. The SMILES string of the molecule is CCN1CCC(N2CCc3ccc(CO)cc32)CC1. The standard InChI is InChI=1S/C16H24N2O/c1-2-17-8-6-15(7-9-17)18-10-5-14-4-3-13(12-19)11-16(14)18/h3-4,11,15,19H,2,5-10,12H2,1H3. The van der Waals surface area contributed by atoms with E-state index in [1.54, 1.807) is 0 Å². The Morgan fingerprint density at radius 3 is 2.68 bits per heavy atom. The number of aliphatic hydroxyl groups excluding tert-OH is 1. The lowest BCUT2D eigenvalue weighted by Crippen LogP contribution is -2.44. The number of piperidine rings is 1. The first-order chi connectivity index (χ1) is 9.31. The van der Waals surface area contributed by atoms with Crippen molar-refractivity contribution in [1.82, 2.24) is 4.90 Å². The second kappa shape index (κ2) is 5.51. The minimum Gasteiger partial charge on any atom is -0.392 e. The molecular weight excluding hydrogens is 236 g/mol. The van der Waals surface area contributed by atoms with Crippen LogP contribution in [0.15, 0.2) is 18.2 Å². The fourth-order valence-electron chi connectivity index (χ4n) is 3.47. The van der Waals surface area contributed by atoms with E-state index in [4.69, 9.17) is 0 Å². The lowest BCUT2D eigenvalue weighted by molar-refractivity contribution is 0.219. The molecule has 0 aromatic heterocycles. The Hall–Kier alpha value is -1.06. The number of benzene rings is 1. The highest BCUT2D eigenvalue weighted by Crippen LogP contribution is 2.33. The Labute approximate surface area is 115 Å². The van der Waals surface area contributed by atoms with Crippen LogP contribution in [-0.2, 0) is 13.0 Å². The van der Waals surface area contributed by atoms with Gasteiger partial charge in [0.1, 0.15) is 0 Å². The van der Waals surface area contributed by atoms with E-state index in [0.717, 1.165) is 18.5 Å². The van der Waals surface area contributed by atoms with Gasteiger partial charge in [-0.1, -0.05) is 19.1 Å². The molecule has 0 atom stereocenters. The fourth-order valence-corrected chi connectivity index (χ4v) is 3.47. The smallest absolute Gasteiger partial charge is 0.0682 e. The lowest BCUT2D eigenvalue weighted by atomic mass is 10.0. The Morgan fingerprint density at radius 2 is 2.00 bits per heavy atom. The maximum absolute atomic E-state index is 9.31. The molecular formula is C16H24N2O. The molecule has 1 saturated heterocycles. The van der Waals surface area contributed by atoms with Crippen LogP contribution in [0, 0.1) is 0 Å². The van der Waals surface area contributed by atoms with Crippen LogP contribution in [0.4, 0.5) is 5.69 Å². The highest BCUT2D eigenvalue weighted by Gasteiger charge is 2.28. The average molecular weight is 260 g/mol. The van der Waals surface area contributed by atoms with Gasteiger partial charge in [-0.25, -0.2) is 0 Å². The topological polar surface area (TPSA) is 26.7 Å². The quantitative estimate of drug-likeness (QED) is 0.901. The number of aliphatic hydroxyl groups is 1. The van der Waals surface area contributed by atoms with Crippen molar-refractivity contribution in [3.63, 3.8) is 0 Å². The summed E-state index contributed by atoms with van der Waals surface area (Å²) in [6.45, 7) is 7.19. The number of fused-ring (bicyclic) bond motifs is 1. The Balaban J connectivity index is 1.75. The van der Waals surface area contributed by atoms with Crippen LogP contribution in [0.25, 0.3) is 0 Å². The van der Waals surface area contributed by atoms with Gasteiger partial charge in [-0.05, 0) is 43.0 Å². The molecule has 3 rings (SSSR count). The van der Waals surface area contributed by atoms with Crippen molar-refractivity contribution in [3.05, 3.63) is 29.3 Å². The van der Waals surface area contributed by atoms with E-state index in [1.807, 2.05) is 0 Å². The molecule has 0 amide bonds. The number of rotatable bonds is 3. The van der Waals surface area contributed by atoms with Crippen LogP contribution in [0.2, 0.25) is 0 Å². The molecule has 1 fully saturated rings. The molecule has 1 aromatic carbocycles. The van der Waals surface area contributed by atoms with E-state index in [9.17, 15) is 5.11 Å². The van der Waals surface area contributed by atoms with Crippen molar-refractivity contribution in [2.24, 2.45) is 0 Å². The Morgan fingerprint density at radius 1 is 1.21 bits per heavy atom. The van der Waals surface area contributed by atoms with E-state index >= 15 is 0 Å². The minimum atomic E-state index is 0.148. The van der Waals surface area contributed by atoms with Crippen LogP contribution in [0.5, 0.6) is 0 Å². The van der Waals surface area contributed by atoms with Gasteiger partial charge in [0.2, 0.25) is 0 Å². The first-order valence-corrected chi connectivity index (χ1v) is 7.53. The summed E-state index contributed by atoms with van der Waals surface area (Å²) in [4.78, 5) is 5.12. The van der Waals surface area contributed by atoms with Crippen LogP contribution < -0.4 is 4.90 Å². The zero-order valence-corrected chi connectivity index (χ0v) is 11.8. The van der Waals surface area contributed by atoms with Crippen molar-refractivity contribution >= 4 is 5.69 Å². The van der Waals surface area contributed by atoms with Crippen molar-refractivity contribution in [2.75, 3.05) is 31.1 Å².